The number of benzene rings is 1. The average Bonchev–Trinajstić information content (AvgIpc) is 3.57. The number of rotatable bonds is 13. The van der Waals surface area contributed by atoms with E-state index in [9.17, 15) is 24.0 Å². The lowest BCUT2D eigenvalue weighted by Crippen LogP contribution is -2.55. The van der Waals surface area contributed by atoms with Crippen molar-refractivity contribution >= 4 is 41.2 Å². The summed E-state index contributed by atoms with van der Waals surface area (Å²) < 4.78 is 5.91. The molecule has 5 rings (SSSR count). The van der Waals surface area contributed by atoms with Gasteiger partial charge in [-0.15, -0.1) is 0 Å². The number of amides is 4. The van der Waals surface area contributed by atoms with Crippen molar-refractivity contribution < 1.29 is 28.7 Å². The number of carbonyl (C=O) groups excluding carboxylic acids is 5. The Labute approximate surface area is 264 Å². The number of Topliss-reactive ketones (excluding diaryl/α,β-unsaturated/α-hetero) is 1. The van der Waals surface area contributed by atoms with Gasteiger partial charge in [-0.05, 0) is 81.4 Å². The predicted molar refractivity (Wildman–Crippen MR) is 165 cm³/mol. The summed E-state index contributed by atoms with van der Waals surface area (Å²) in [6.07, 6.45) is 10.2. The summed E-state index contributed by atoms with van der Waals surface area (Å²) in [4.78, 5) is 65.3. The van der Waals surface area contributed by atoms with Crippen LogP contribution in [-0.2, 0) is 30.3 Å². The van der Waals surface area contributed by atoms with E-state index in [2.05, 4.69) is 21.3 Å². The Hall–Kier alpha value is -3.14. The Balaban J connectivity index is 1.25. The lowest BCUT2D eigenvalue weighted by atomic mass is 9.84. The summed E-state index contributed by atoms with van der Waals surface area (Å²) in [5, 5.41) is 11.7. The number of carbonyl (C=O) groups is 5. The average molecular weight is 629 g/mol. The highest BCUT2D eigenvalue weighted by Crippen LogP contribution is 2.32. The lowest BCUT2D eigenvalue weighted by Gasteiger charge is -2.29. The second kappa shape index (κ2) is 15.2. The molecule has 4 N–H and O–H groups in total. The monoisotopic (exact) mass is 628 g/mol. The van der Waals surface area contributed by atoms with E-state index in [1.807, 2.05) is 24.3 Å². The van der Waals surface area contributed by atoms with E-state index in [4.69, 9.17) is 16.3 Å². The highest BCUT2D eigenvalue weighted by Gasteiger charge is 2.38. The first-order valence-electron chi connectivity index (χ1n) is 16.4. The molecule has 240 valence electrons. The zero-order valence-corrected chi connectivity index (χ0v) is 26.0. The molecule has 4 aliphatic rings. The number of nitrogens with one attached hydrogen (secondary N) is 4. The van der Waals surface area contributed by atoms with Crippen LogP contribution < -0.4 is 21.3 Å². The van der Waals surface area contributed by atoms with Crippen molar-refractivity contribution in [3.05, 3.63) is 34.9 Å². The summed E-state index contributed by atoms with van der Waals surface area (Å²) in [5.41, 5.74) is 1.09. The highest BCUT2D eigenvalue weighted by molar-refractivity contribution is 6.38. The SMILES string of the molecule is O=C(N[C@@H](CC1CCCCC1)C(=O)N[C@@H](C[C@@H]1CCNC1=O)C(=O)C(=O)NC1CC1)O[C@@H]1CCCC1Cc1cccc(Cl)c1. The van der Waals surface area contributed by atoms with Gasteiger partial charge in [0.05, 0.1) is 6.04 Å². The minimum Gasteiger partial charge on any atom is -0.446 e. The molecule has 0 bridgehead atoms. The van der Waals surface area contributed by atoms with Gasteiger partial charge in [-0.3, -0.25) is 19.2 Å². The van der Waals surface area contributed by atoms with Crippen molar-refractivity contribution in [2.45, 2.75) is 114 Å². The quantitative estimate of drug-likeness (QED) is 0.244. The van der Waals surface area contributed by atoms with Crippen LogP contribution in [0.4, 0.5) is 4.79 Å². The van der Waals surface area contributed by atoms with Crippen LogP contribution in [0.1, 0.15) is 89.0 Å². The van der Waals surface area contributed by atoms with Gasteiger partial charge in [0.1, 0.15) is 12.1 Å². The third-order valence-corrected chi connectivity index (χ3v) is 9.82. The number of hydrogen-bond acceptors (Lipinski definition) is 6. The standard InChI is InChI=1S/C33H45ClN4O6/c34-24-10-4-8-21(17-24)16-22-9-5-11-28(22)44-33(43)38-27(18-20-6-2-1-3-7-20)31(41)37-26(19-23-14-15-35-30(23)40)29(39)32(42)36-25-12-13-25/h4,8,10,17,20,22-23,25-28H,1-3,5-7,9,11-16,18-19H2,(H,35,40)(H,36,42)(H,37,41)(H,38,43)/t22?,23-,26-,27-,28+/m0/s1. The second-order valence-electron chi connectivity index (χ2n) is 13.1. The molecule has 10 nitrogen and oxygen atoms in total. The van der Waals surface area contributed by atoms with E-state index >= 15 is 0 Å². The van der Waals surface area contributed by atoms with E-state index < -0.39 is 41.7 Å². The third kappa shape index (κ3) is 9.19. The predicted octanol–water partition coefficient (Wildman–Crippen LogP) is 3.98. The van der Waals surface area contributed by atoms with Crippen molar-refractivity contribution in [2.24, 2.45) is 17.8 Å². The summed E-state index contributed by atoms with van der Waals surface area (Å²) in [7, 11) is 0. The maximum Gasteiger partial charge on any atom is 0.408 e. The summed E-state index contributed by atoms with van der Waals surface area (Å²) in [6.45, 7) is 0.490. The van der Waals surface area contributed by atoms with Gasteiger partial charge in [0.2, 0.25) is 17.6 Å². The van der Waals surface area contributed by atoms with Gasteiger partial charge in [0.25, 0.3) is 5.91 Å². The Morgan fingerprint density at radius 1 is 0.909 bits per heavy atom. The molecule has 1 unspecified atom stereocenters. The topological polar surface area (TPSA) is 143 Å². The molecule has 0 aromatic heterocycles. The van der Waals surface area contributed by atoms with Crippen molar-refractivity contribution in [3.63, 3.8) is 0 Å². The number of ether oxygens (including phenoxy) is 1. The van der Waals surface area contributed by atoms with E-state index in [0.717, 1.165) is 76.2 Å². The maximum absolute atomic E-state index is 13.8. The largest absolute Gasteiger partial charge is 0.446 e. The van der Waals surface area contributed by atoms with Crippen molar-refractivity contribution in [2.75, 3.05) is 6.54 Å². The van der Waals surface area contributed by atoms with Crippen LogP contribution in [0.2, 0.25) is 5.02 Å². The van der Waals surface area contributed by atoms with E-state index in [1.54, 1.807) is 0 Å². The molecule has 1 aromatic carbocycles. The van der Waals surface area contributed by atoms with Crippen LogP contribution in [0.15, 0.2) is 24.3 Å². The third-order valence-electron chi connectivity index (χ3n) is 9.59. The Kier molecular flexibility index (Phi) is 11.2. The Morgan fingerprint density at radius 3 is 2.41 bits per heavy atom. The summed E-state index contributed by atoms with van der Waals surface area (Å²) >= 11 is 6.17. The molecule has 3 saturated carbocycles. The molecule has 5 atom stereocenters. The van der Waals surface area contributed by atoms with Gasteiger partial charge in [0.15, 0.2) is 0 Å². The van der Waals surface area contributed by atoms with E-state index in [-0.39, 0.29) is 36.3 Å². The van der Waals surface area contributed by atoms with Crippen LogP contribution in [-0.4, -0.2) is 60.4 Å². The van der Waals surface area contributed by atoms with Gasteiger partial charge in [-0.2, -0.15) is 0 Å². The lowest BCUT2D eigenvalue weighted by molar-refractivity contribution is -0.141. The van der Waals surface area contributed by atoms with Crippen molar-refractivity contribution in [1.82, 2.24) is 21.3 Å². The normalized spacial score (nSPS) is 25.0. The van der Waals surface area contributed by atoms with Gasteiger partial charge in [0, 0.05) is 29.4 Å². The molecule has 3 aliphatic carbocycles. The molecular weight excluding hydrogens is 584 g/mol. The van der Waals surface area contributed by atoms with E-state index in [1.165, 1.54) is 0 Å². The van der Waals surface area contributed by atoms with Crippen LogP contribution in [0.5, 0.6) is 0 Å². The van der Waals surface area contributed by atoms with Crippen LogP contribution in [0.25, 0.3) is 0 Å². The minimum atomic E-state index is -1.17. The van der Waals surface area contributed by atoms with Gasteiger partial charge in [-0.1, -0.05) is 55.8 Å². The van der Waals surface area contributed by atoms with Crippen molar-refractivity contribution in [1.29, 1.82) is 0 Å². The summed E-state index contributed by atoms with van der Waals surface area (Å²) in [5.74, 6) is -2.33. The van der Waals surface area contributed by atoms with Crippen molar-refractivity contribution in [3.8, 4) is 0 Å². The fourth-order valence-electron chi connectivity index (χ4n) is 6.96. The first-order chi connectivity index (χ1) is 21.2. The molecule has 1 saturated heterocycles. The first kappa shape index (κ1) is 32.3. The van der Waals surface area contributed by atoms with Crippen LogP contribution >= 0.6 is 11.6 Å². The molecule has 11 heteroatoms. The van der Waals surface area contributed by atoms with Crippen LogP contribution in [0.3, 0.4) is 0 Å². The van der Waals surface area contributed by atoms with Gasteiger partial charge < -0.3 is 26.0 Å². The number of alkyl carbamates (subject to hydrolysis) is 1. The number of halogens is 1. The molecule has 0 radical (unpaired) electrons. The number of ketones is 1. The highest BCUT2D eigenvalue weighted by atomic mass is 35.5. The molecule has 4 fully saturated rings. The molecule has 1 aromatic rings. The fraction of sp³-hybridized carbons (Fsp3) is 0.667. The molecule has 4 amide bonds. The Morgan fingerprint density at radius 2 is 1.70 bits per heavy atom. The zero-order chi connectivity index (χ0) is 31.1. The summed E-state index contributed by atoms with van der Waals surface area (Å²) in [6, 6.07) is 5.57. The first-order valence-corrected chi connectivity index (χ1v) is 16.8. The zero-order valence-electron chi connectivity index (χ0n) is 25.3. The van der Waals surface area contributed by atoms with Gasteiger partial charge >= 0.3 is 6.09 Å². The van der Waals surface area contributed by atoms with Gasteiger partial charge in [-0.25, -0.2) is 4.79 Å². The Bertz CT molecular complexity index is 1220. The molecule has 1 aliphatic heterocycles. The maximum atomic E-state index is 13.8. The fourth-order valence-corrected chi connectivity index (χ4v) is 7.17. The second-order valence-corrected chi connectivity index (χ2v) is 13.5. The van der Waals surface area contributed by atoms with E-state index in [0.29, 0.717) is 24.4 Å². The van der Waals surface area contributed by atoms with Crippen LogP contribution in [0, 0.1) is 17.8 Å². The minimum absolute atomic E-state index is 0.0219. The smallest absolute Gasteiger partial charge is 0.408 e. The number of hydrogen-bond donors (Lipinski definition) is 4. The molecule has 44 heavy (non-hydrogen) atoms. The molecule has 0 spiro atoms. The molecular formula is C33H45ClN4O6. The molecule has 1 heterocycles.